The monoisotopic (exact) mass is 151 g/mol. The standard InChI is InChI=1S/C5H10O5/c6-1-3(8)5(10)4(9)2-7/h1,3-5,7-10H,2H2/t3-,4-,5+/m1/s1/i3D. The summed E-state index contributed by atoms with van der Waals surface area (Å²) in [5.41, 5.74) is 0. The molecule has 0 aromatic rings. The molecule has 0 saturated carbocycles. The van der Waals surface area contributed by atoms with Gasteiger partial charge in [0.05, 0.1) is 7.98 Å². The van der Waals surface area contributed by atoms with Crippen molar-refractivity contribution in [2.75, 3.05) is 6.61 Å². The van der Waals surface area contributed by atoms with Crippen molar-refractivity contribution in [3.05, 3.63) is 0 Å². The molecule has 0 amide bonds. The quantitative estimate of drug-likeness (QED) is 0.327. The van der Waals surface area contributed by atoms with Crippen molar-refractivity contribution in [3.8, 4) is 0 Å². The summed E-state index contributed by atoms with van der Waals surface area (Å²) in [7, 11) is 0. The first-order valence-electron chi connectivity index (χ1n) is 3.11. The summed E-state index contributed by atoms with van der Waals surface area (Å²) in [6.07, 6.45) is -6.67. The van der Waals surface area contributed by atoms with Crippen LogP contribution in [-0.2, 0) is 4.79 Å². The molecule has 5 nitrogen and oxygen atoms in total. The molecule has 0 aliphatic heterocycles. The van der Waals surface area contributed by atoms with E-state index in [1.165, 1.54) is 0 Å². The summed E-state index contributed by atoms with van der Waals surface area (Å²) in [4.78, 5) is 9.90. The Bertz CT molecular complexity index is 137. The molecule has 0 saturated heterocycles. The van der Waals surface area contributed by atoms with Gasteiger partial charge in [0.15, 0.2) is 6.29 Å². The largest absolute Gasteiger partial charge is 0.394 e. The second-order valence-corrected chi connectivity index (χ2v) is 1.74. The van der Waals surface area contributed by atoms with Crippen molar-refractivity contribution >= 4 is 6.29 Å². The lowest BCUT2D eigenvalue weighted by Gasteiger charge is -2.16. The molecule has 0 radical (unpaired) electrons. The van der Waals surface area contributed by atoms with Crippen LogP contribution < -0.4 is 0 Å². The minimum atomic E-state index is -2.76. The molecule has 0 rings (SSSR count). The normalized spacial score (nSPS) is 24.2. The van der Waals surface area contributed by atoms with Crippen molar-refractivity contribution in [3.63, 3.8) is 0 Å². The van der Waals surface area contributed by atoms with Gasteiger partial charge in [-0.2, -0.15) is 0 Å². The third kappa shape index (κ3) is 2.40. The molecule has 0 aliphatic rings. The molecular formula is C5H10O5. The first-order valence-corrected chi connectivity index (χ1v) is 2.61. The fourth-order valence-electron chi connectivity index (χ4n) is 0.367. The van der Waals surface area contributed by atoms with Crippen molar-refractivity contribution in [1.82, 2.24) is 0 Å². The Hall–Kier alpha value is -0.490. The Labute approximate surface area is 58.9 Å². The van der Waals surface area contributed by atoms with E-state index in [-0.39, 0.29) is 6.29 Å². The summed E-state index contributed by atoms with van der Waals surface area (Å²) < 4.78 is 6.68. The predicted molar refractivity (Wildman–Crippen MR) is 31.2 cm³/mol. The Balaban J connectivity index is 4.21. The average molecular weight is 151 g/mol. The lowest BCUT2D eigenvalue weighted by Crippen LogP contribution is -2.40. The van der Waals surface area contributed by atoms with E-state index in [0.29, 0.717) is 0 Å². The maximum Gasteiger partial charge on any atom is 0.151 e. The molecule has 0 aromatic heterocycles. The van der Waals surface area contributed by atoms with Crippen LogP contribution in [0.2, 0.25) is 0 Å². The van der Waals surface area contributed by atoms with Crippen LogP contribution in [0.4, 0.5) is 0 Å². The molecule has 5 heteroatoms. The molecule has 0 unspecified atom stereocenters. The number of carbonyl (C=O) groups is 1. The Morgan fingerprint density at radius 2 is 2.00 bits per heavy atom. The van der Waals surface area contributed by atoms with Gasteiger partial charge in [0.2, 0.25) is 0 Å². The van der Waals surface area contributed by atoms with Crippen LogP contribution in [0, 0.1) is 0 Å². The fourth-order valence-corrected chi connectivity index (χ4v) is 0.367. The maximum atomic E-state index is 9.90. The highest BCUT2D eigenvalue weighted by molar-refractivity contribution is 5.56. The molecule has 4 N–H and O–H groups in total. The smallest absolute Gasteiger partial charge is 0.151 e. The lowest BCUT2D eigenvalue weighted by molar-refractivity contribution is -0.127. The van der Waals surface area contributed by atoms with Crippen LogP contribution in [0.3, 0.4) is 0 Å². The maximum absolute atomic E-state index is 9.90. The zero-order valence-electron chi connectivity index (χ0n) is 6.14. The summed E-state index contributed by atoms with van der Waals surface area (Å²) in [6, 6.07) is 0. The first-order chi connectivity index (χ1) is 4.95. The highest BCUT2D eigenvalue weighted by Gasteiger charge is 2.22. The molecule has 10 heavy (non-hydrogen) atoms. The van der Waals surface area contributed by atoms with Gasteiger partial charge in [0, 0.05) is 0 Å². The molecule has 0 fully saturated rings. The molecular weight excluding hydrogens is 140 g/mol. The highest BCUT2D eigenvalue weighted by atomic mass is 16.4. The van der Waals surface area contributed by atoms with Gasteiger partial charge in [0.25, 0.3) is 0 Å². The number of rotatable bonds is 4. The topological polar surface area (TPSA) is 98.0 Å². The number of hydrogen-bond donors (Lipinski definition) is 4. The van der Waals surface area contributed by atoms with Crippen LogP contribution in [0.5, 0.6) is 0 Å². The van der Waals surface area contributed by atoms with Gasteiger partial charge in [-0.05, 0) is 0 Å². The zero-order valence-corrected chi connectivity index (χ0v) is 5.14. The van der Waals surface area contributed by atoms with Crippen LogP contribution in [-0.4, -0.2) is 51.6 Å². The Morgan fingerprint density at radius 3 is 2.30 bits per heavy atom. The van der Waals surface area contributed by atoms with E-state index in [1.54, 1.807) is 0 Å². The minimum absolute atomic E-state index is 0.226. The van der Waals surface area contributed by atoms with Gasteiger partial charge < -0.3 is 25.2 Å². The van der Waals surface area contributed by atoms with E-state index in [4.69, 9.17) is 21.8 Å². The van der Waals surface area contributed by atoms with E-state index in [2.05, 4.69) is 0 Å². The number of aliphatic hydroxyl groups excluding tert-OH is 3. The fraction of sp³-hybridized carbons (Fsp3) is 0.800. The van der Waals surface area contributed by atoms with Crippen LogP contribution in [0.1, 0.15) is 1.37 Å². The van der Waals surface area contributed by atoms with Crippen molar-refractivity contribution in [1.29, 1.82) is 0 Å². The number of aliphatic hydroxyl groups is 4. The van der Waals surface area contributed by atoms with Gasteiger partial charge in [0.1, 0.15) is 18.3 Å². The number of hydrogen-bond acceptors (Lipinski definition) is 5. The summed E-state index contributed by atoms with van der Waals surface area (Å²) in [5, 5.41) is 34.3. The van der Waals surface area contributed by atoms with E-state index >= 15 is 0 Å². The van der Waals surface area contributed by atoms with Crippen molar-refractivity contribution in [2.45, 2.75) is 18.3 Å². The van der Waals surface area contributed by atoms with E-state index in [0.717, 1.165) is 0 Å². The average Bonchev–Trinajstić information content (AvgIpc) is 2.01. The molecule has 60 valence electrons. The minimum Gasteiger partial charge on any atom is -0.394 e. The molecule has 0 bridgehead atoms. The predicted octanol–water partition coefficient (Wildman–Crippen LogP) is -2.74. The Kier molecular flexibility index (Phi) is 3.31. The molecule has 3 atom stereocenters. The van der Waals surface area contributed by atoms with E-state index in [9.17, 15) is 4.79 Å². The van der Waals surface area contributed by atoms with Gasteiger partial charge in [-0.15, -0.1) is 0 Å². The van der Waals surface area contributed by atoms with E-state index < -0.39 is 24.9 Å². The summed E-state index contributed by atoms with van der Waals surface area (Å²) >= 11 is 0. The third-order valence-corrected chi connectivity index (χ3v) is 0.975. The van der Waals surface area contributed by atoms with Gasteiger partial charge in [-0.25, -0.2) is 0 Å². The number of aldehydes is 1. The SMILES string of the molecule is [2H][C@@](O)(C=O)[C@H](O)[C@H](O)CO. The third-order valence-electron chi connectivity index (χ3n) is 0.975. The van der Waals surface area contributed by atoms with Crippen LogP contribution >= 0.6 is 0 Å². The van der Waals surface area contributed by atoms with Gasteiger partial charge >= 0.3 is 0 Å². The Morgan fingerprint density at radius 1 is 1.50 bits per heavy atom. The van der Waals surface area contributed by atoms with Gasteiger partial charge in [-0.3, -0.25) is 0 Å². The molecule has 0 aromatic carbocycles. The van der Waals surface area contributed by atoms with Crippen molar-refractivity contribution in [2.24, 2.45) is 0 Å². The summed E-state index contributed by atoms with van der Waals surface area (Å²) in [6.45, 7) is -0.823. The summed E-state index contributed by atoms with van der Waals surface area (Å²) in [5.74, 6) is 0. The highest BCUT2D eigenvalue weighted by Crippen LogP contribution is 1.96. The molecule has 0 spiro atoms. The lowest BCUT2D eigenvalue weighted by atomic mass is 10.1. The second kappa shape index (κ2) is 4.35. The van der Waals surface area contributed by atoms with Crippen LogP contribution in [0.15, 0.2) is 0 Å². The molecule has 0 heterocycles. The first kappa shape index (κ1) is 7.62. The van der Waals surface area contributed by atoms with Crippen molar-refractivity contribution < 1.29 is 26.6 Å². The molecule has 0 aliphatic carbocycles. The van der Waals surface area contributed by atoms with E-state index in [1.807, 2.05) is 0 Å². The van der Waals surface area contributed by atoms with Crippen LogP contribution in [0.25, 0.3) is 0 Å². The second-order valence-electron chi connectivity index (χ2n) is 1.74. The number of carbonyl (C=O) groups excluding carboxylic acids is 1. The van der Waals surface area contributed by atoms with Gasteiger partial charge in [-0.1, -0.05) is 0 Å². The zero-order chi connectivity index (χ0) is 9.07.